The molecule has 0 radical (unpaired) electrons. The smallest absolute Gasteiger partial charge is 0.272 e. The summed E-state index contributed by atoms with van der Waals surface area (Å²) in [6.45, 7) is 6.17. The lowest BCUT2D eigenvalue weighted by Gasteiger charge is -2.05. The van der Waals surface area contributed by atoms with Gasteiger partial charge in [-0.25, -0.2) is 0 Å². The molecule has 2 aromatic rings. The number of H-pyrrole nitrogens is 1. The number of fused-ring (bicyclic) bond motifs is 1. The molecule has 0 saturated heterocycles. The van der Waals surface area contributed by atoms with Crippen LogP contribution >= 0.6 is 0 Å². The molecular formula is C13H18N2O2. The Kier molecular flexibility index (Phi) is 3.64. The first-order valence-corrected chi connectivity index (χ1v) is 5.99. The van der Waals surface area contributed by atoms with Crippen molar-refractivity contribution in [3.8, 4) is 0 Å². The molecule has 0 unspecified atom stereocenters. The highest BCUT2D eigenvalue weighted by Crippen LogP contribution is 2.12. The van der Waals surface area contributed by atoms with Gasteiger partial charge in [-0.3, -0.25) is 4.79 Å². The van der Waals surface area contributed by atoms with Gasteiger partial charge in [0.2, 0.25) is 0 Å². The summed E-state index contributed by atoms with van der Waals surface area (Å²) in [4.78, 5) is 14.7. The average Bonchev–Trinajstić information content (AvgIpc) is 2.68. The molecule has 2 aromatic heterocycles. The molecule has 0 aliphatic heterocycles. The first-order chi connectivity index (χ1) is 8.22. The van der Waals surface area contributed by atoms with Crippen molar-refractivity contribution in [1.29, 1.82) is 0 Å². The molecule has 0 bridgehead atoms. The standard InChI is InChI=1S/C13H18N2O2/c1-3-17-8-4-6-15-7-5-11-9-10(2)14-13(16)12(11)15/h5,7,9H,3-4,6,8H2,1-2H3,(H,14,16). The minimum absolute atomic E-state index is 0.0126. The van der Waals surface area contributed by atoms with Gasteiger partial charge in [-0.2, -0.15) is 0 Å². The molecular weight excluding hydrogens is 216 g/mol. The lowest BCUT2D eigenvalue weighted by Crippen LogP contribution is -2.12. The van der Waals surface area contributed by atoms with E-state index in [4.69, 9.17) is 4.74 Å². The normalized spacial score (nSPS) is 11.2. The van der Waals surface area contributed by atoms with E-state index >= 15 is 0 Å². The van der Waals surface area contributed by atoms with Crippen LogP contribution < -0.4 is 5.56 Å². The zero-order chi connectivity index (χ0) is 12.3. The van der Waals surface area contributed by atoms with E-state index < -0.39 is 0 Å². The minimum atomic E-state index is -0.0126. The van der Waals surface area contributed by atoms with Crippen molar-refractivity contribution in [2.45, 2.75) is 26.8 Å². The van der Waals surface area contributed by atoms with E-state index in [1.165, 1.54) is 0 Å². The van der Waals surface area contributed by atoms with Crippen molar-refractivity contribution in [2.24, 2.45) is 0 Å². The maximum Gasteiger partial charge on any atom is 0.272 e. The zero-order valence-electron chi connectivity index (χ0n) is 10.3. The lowest BCUT2D eigenvalue weighted by atomic mass is 10.3. The predicted molar refractivity (Wildman–Crippen MR) is 68.4 cm³/mol. The van der Waals surface area contributed by atoms with Crippen LogP contribution in [0.2, 0.25) is 0 Å². The third kappa shape index (κ3) is 2.58. The first-order valence-electron chi connectivity index (χ1n) is 5.99. The summed E-state index contributed by atoms with van der Waals surface area (Å²) in [7, 11) is 0. The van der Waals surface area contributed by atoms with E-state index in [0.717, 1.165) is 42.8 Å². The molecule has 0 aliphatic carbocycles. The van der Waals surface area contributed by atoms with Gasteiger partial charge in [0.1, 0.15) is 5.52 Å². The fourth-order valence-corrected chi connectivity index (χ4v) is 2.04. The molecule has 4 heteroatoms. The third-order valence-corrected chi connectivity index (χ3v) is 2.78. The van der Waals surface area contributed by atoms with Crippen molar-refractivity contribution in [2.75, 3.05) is 13.2 Å². The maximum absolute atomic E-state index is 11.9. The van der Waals surface area contributed by atoms with Crippen LogP contribution in [0.1, 0.15) is 19.0 Å². The molecule has 0 fully saturated rings. The van der Waals surface area contributed by atoms with Gasteiger partial charge in [-0.05, 0) is 32.4 Å². The highest BCUT2D eigenvalue weighted by Gasteiger charge is 2.05. The summed E-state index contributed by atoms with van der Waals surface area (Å²) in [5.74, 6) is 0. The van der Waals surface area contributed by atoms with E-state index in [0.29, 0.717) is 0 Å². The number of rotatable bonds is 5. The first kappa shape index (κ1) is 11.9. The van der Waals surface area contributed by atoms with Crippen LogP contribution in [0.15, 0.2) is 23.1 Å². The maximum atomic E-state index is 11.9. The Morgan fingerprint density at radius 2 is 2.29 bits per heavy atom. The van der Waals surface area contributed by atoms with Gasteiger partial charge >= 0.3 is 0 Å². The van der Waals surface area contributed by atoms with Gasteiger partial charge in [0.15, 0.2) is 0 Å². The Labute approximate surface area is 100 Å². The van der Waals surface area contributed by atoms with Crippen LogP contribution in [0.3, 0.4) is 0 Å². The van der Waals surface area contributed by atoms with E-state index in [9.17, 15) is 4.79 Å². The van der Waals surface area contributed by atoms with Crippen molar-refractivity contribution in [1.82, 2.24) is 9.55 Å². The lowest BCUT2D eigenvalue weighted by molar-refractivity contribution is 0.142. The van der Waals surface area contributed by atoms with Gasteiger partial charge < -0.3 is 14.3 Å². The van der Waals surface area contributed by atoms with Gasteiger partial charge in [-0.1, -0.05) is 0 Å². The van der Waals surface area contributed by atoms with Crippen LogP contribution in [0, 0.1) is 6.92 Å². The number of hydrogen-bond acceptors (Lipinski definition) is 2. The molecule has 92 valence electrons. The molecule has 0 atom stereocenters. The zero-order valence-corrected chi connectivity index (χ0v) is 10.3. The largest absolute Gasteiger partial charge is 0.382 e. The summed E-state index contributed by atoms with van der Waals surface area (Å²) in [6, 6.07) is 3.98. The Balaban J connectivity index is 2.21. The topological polar surface area (TPSA) is 47.0 Å². The Bertz CT molecular complexity index is 554. The second-order valence-electron chi connectivity index (χ2n) is 4.15. The molecule has 4 nitrogen and oxygen atoms in total. The van der Waals surface area contributed by atoms with E-state index in [2.05, 4.69) is 4.98 Å². The van der Waals surface area contributed by atoms with Crippen LogP contribution in [0.25, 0.3) is 10.9 Å². The fourth-order valence-electron chi connectivity index (χ4n) is 2.04. The van der Waals surface area contributed by atoms with Gasteiger partial charge in [0.05, 0.1) is 0 Å². The molecule has 0 aliphatic rings. The van der Waals surface area contributed by atoms with Crippen LogP contribution in [0.4, 0.5) is 0 Å². The average molecular weight is 234 g/mol. The highest BCUT2D eigenvalue weighted by molar-refractivity contribution is 5.79. The van der Waals surface area contributed by atoms with Crippen molar-refractivity contribution < 1.29 is 4.74 Å². The molecule has 1 N–H and O–H groups in total. The second kappa shape index (κ2) is 5.19. The third-order valence-electron chi connectivity index (χ3n) is 2.78. The number of nitrogens with zero attached hydrogens (tertiary/aromatic N) is 1. The summed E-state index contributed by atoms with van der Waals surface area (Å²) >= 11 is 0. The quantitative estimate of drug-likeness (QED) is 0.805. The van der Waals surface area contributed by atoms with Crippen LogP contribution in [0.5, 0.6) is 0 Å². The van der Waals surface area contributed by atoms with Gasteiger partial charge in [-0.15, -0.1) is 0 Å². The number of pyridine rings is 1. The Morgan fingerprint density at radius 3 is 3.06 bits per heavy atom. The molecule has 0 saturated carbocycles. The second-order valence-corrected chi connectivity index (χ2v) is 4.15. The van der Waals surface area contributed by atoms with Crippen molar-refractivity contribution in [3.63, 3.8) is 0 Å². The summed E-state index contributed by atoms with van der Waals surface area (Å²) in [5, 5.41) is 1.00. The molecule has 0 spiro atoms. The fraction of sp³-hybridized carbons (Fsp3) is 0.462. The van der Waals surface area contributed by atoms with Crippen LogP contribution in [-0.4, -0.2) is 22.8 Å². The monoisotopic (exact) mass is 234 g/mol. The van der Waals surface area contributed by atoms with Gasteiger partial charge in [0.25, 0.3) is 5.56 Å². The number of nitrogens with one attached hydrogen (secondary N) is 1. The molecule has 2 heterocycles. The number of aromatic amines is 1. The van der Waals surface area contributed by atoms with Crippen molar-refractivity contribution in [3.05, 3.63) is 34.4 Å². The minimum Gasteiger partial charge on any atom is -0.382 e. The molecule has 0 aromatic carbocycles. The van der Waals surface area contributed by atoms with E-state index in [1.54, 1.807) is 0 Å². The van der Waals surface area contributed by atoms with E-state index in [-0.39, 0.29) is 5.56 Å². The molecule has 17 heavy (non-hydrogen) atoms. The van der Waals surface area contributed by atoms with E-state index in [1.807, 2.05) is 36.7 Å². The summed E-state index contributed by atoms with van der Waals surface area (Å²) < 4.78 is 7.29. The number of ether oxygens (including phenoxy) is 1. The summed E-state index contributed by atoms with van der Waals surface area (Å²) in [5.41, 5.74) is 1.64. The summed E-state index contributed by atoms with van der Waals surface area (Å²) in [6.07, 6.45) is 2.89. The molecule has 0 amide bonds. The molecule has 2 rings (SSSR count). The SMILES string of the molecule is CCOCCCn1ccc2cc(C)[nH]c(=O)c21. The van der Waals surface area contributed by atoms with Gasteiger partial charge in [0, 0.05) is 37.0 Å². The van der Waals surface area contributed by atoms with Crippen LogP contribution in [-0.2, 0) is 11.3 Å². The Morgan fingerprint density at radius 1 is 1.47 bits per heavy atom. The number of aryl methyl sites for hydroxylation is 2. The Hall–Kier alpha value is -1.55. The highest BCUT2D eigenvalue weighted by atomic mass is 16.5. The van der Waals surface area contributed by atoms with Crippen molar-refractivity contribution >= 4 is 10.9 Å². The predicted octanol–water partition coefficient (Wildman–Crippen LogP) is 2.06. The number of aromatic nitrogens is 2. The number of hydrogen-bond donors (Lipinski definition) is 1.